The minimum Gasteiger partial charge on any atom is -0.495 e. The molecule has 0 spiro atoms. The minimum absolute atomic E-state index is 0.215. The van der Waals surface area contributed by atoms with Gasteiger partial charge in [0.1, 0.15) is 11.4 Å². The molecule has 0 aliphatic heterocycles. The maximum Gasteiger partial charge on any atom is 0.273 e. The molecular weight excluding hydrogens is 376 g/mol. The number of methoxy groups -OCH3 is 1. The van der Waals surface area contributed by atoms with Crippen LogP contribution in [0.5, 0.6) is 5.75 Å². The molecule has 5 nitrogen and oxygen atoms in total. The van der Waals surface area contributed by atoms with Crippen molar-refractivity contribution in [2.45, 2.75) is 6.92 Å². The molecule has 150 valence electrons. The average molecular weight is 398 g/mol. The number of carbonyl (C=O) groups excluding carboxylic acids is 1. The number of para-hydroxylation sites is 2. The fourth-order valence-electron chi connectivity index (χ4n) is 3.79. The first-order valence-electron chi connectivity index (χ1n) is 9.65. The molecule has 0 radical (unpaired) electrons. The largest absolute Gasteiger partial charge is 0.495 e. The Morgan fingerprint density at radius 3 is 2.27 bits per heavy atom. The molecule has 3 aromatic carbocycles. The fraction of sp³-hybridized carbons (Fsp3) is 0.120. The van der Waals surface area contributed by atoms with Crippen LogP contribution in [0, 0.1) is 6.92 Å². The molecule has 1 N–H and O–H groups in total. The predicted molar refractivity (Wildman–Crippen MR) is 120 cm³/mol. The van der Waals surface area contributed by atoms with Crippen molar-refractivity contribution < 1.29 is 9.53 Å². The smallest absolute Gasteiger partial charge is 0.273 e. The van der Waals surface area contributed by atoms with Crippen LogP contribution in [0.2, 0.25) is 0 Å². The molecule has 0 unspecified atom stereocenters. The predicted octanol–water partition coefficient (Wildman–Crippen LogP) is 4.77. The highest BCUT2D eigenvalue weighted by atomic mass is 16.5. The molecule has 4 aromatic rings. The number of hydrogen-bond acceptors (Lipinski definition) is 3. The van der Waals surface area contributed by atoms with E-state index in [1.807, 2.05) is 61.5 Å². The molecular formula is C25H22N2O3. The van der Waals surface area contributed by atoms with E-state index in [4.69, 9.17) is 4.74 Å². The second kappa shape index (κ2) is 7.87. The molecule has 1 heterocycles. The van der Waals surface area contributed by atoms with E-state index in [0.29, 0.717) is 22.5 Å². The Balaban J connectivity index is 2.01. The third-order valence-electron chi connectivity index (χ3n) is 5.29. The Morgan fingerprint density at radius 1 is 0.900 bits per heavy atom. The number of anilines is 1. The average Bonchev–Trinajstić information content (AvgIpc) is 2.77. The number of amides is 1. The number of ether oxygens (including phenoxy) is 1. The Bertz CT molecular complexity index is 1320. The highest BCUT2D eigenvalue weighted by molar-refractivity contribution is 6.13. The molecule has 5 heteroatoms. The lowest BCUT2D eigenvalue weighted by atomic mass is 9.93. The van der Waals surface area contributed by atoms with Crippen LogP contribution >= 0.6 is 0 Å². The van der Waals surface area contributed by atoms with Gasteiger partial charge in [0.25, 0.3) is 11.5 Å². The van der Waals surface area contributed by atoms with Gasteiger partial charge in [0.05, 0.1) is 12.8 Å². The minimum atomic E-state index is -0.372. The van der Waals surface area contributed by atoms with Gasteiger partial charge in [-0.25, -0.2) is 0 Å². The van der Waals surface area contributed by atoms with Crippen LogP contribution in [-0.4, -0.2) is 17.6 Å². The van der Waals surface area contributed by atoms with Crippen molar-refractivity contribution in [2.24, 2.45) is 7.05 Å². The summed E-state index contributed by atoms with van der Waals surface area (Å²) in [6, 6.07) is 22.4. The summed E-state index contributed by atoms with van der Waals surface area (Å²) in [5.74, 6) is 0.178. The highest BCUT2D eigenvalue weighted by Crippen LogP contribution is 2.33. The van der Waals surface area contributed by atoms with Crippen molar-refractivity contribution in [2.75, 3.05) is 12.4 Å². The third-order valence-corrected chi connectivity index (χ3v) is 5.29. The molecule has 1 amide bonds. The lowest BCUT2D eigenvalue weighted by Crippen LogP contribution is -2.28. The zero-order chi connectivity index (χ0) is 21.3. The Kier molecular flexibility index (Phi) is 5.11. The van der Waals surface area contributed by atoms with Crippen molar-refractivity contribution in [1.82, 2.24) is 4.57 Å². The zero-order valence-electron chi connectivity index (χ0n) is 17.1. The maximum atomic E-state index is 13.5. The summed E-state index contributed by atoms with van der Waals surface area (Å²) in [5.41, 5.74) is 3.30. The van der Waals surface area contributed by atoms with E-state index >= 15 is 0 Å². The molecule has 4 rings (SSSR count). The number of fused-ring (bicyclic) bond motifs is 1. The van der Waals surface area contributed by atoms with Gasteiger partial charge in [-0.2, -0.15) is 0 Å². The summed E-state index contributed by atoms with van der Waals surface area (Å²) in [5, 5.41) is 4.24. The molecule has 0 aliphatic carbocycles. The second-order valence-electron chi connectivity index (χ2n) is 7.10. The van der Waals surface area contributed by atoms with Crippen LogP contribution in [0.25, 0.3) is 21.9 Å². The van der Waals surface area contributed by atoms with Gasteiger partial charge in [0.15, 0.2) is 0 Å². The van der Waals surface area contributed by atoms with Gasteiger partial charge in [-0.3, -0.25) is 9.59 Å². The summed E-state index contributed by atoms with van der Waals surface area (Å²) in [7, 11) is 3.18. The lowest BCUT2D eigenvalue weighted by Gasteiger charge is -2.19. The fourth-order valence-corrected chi connectivity index (χ4v) is 3.79. The summed E-state index contributed by atoms with van der Waals surface area (Å²) in [4.78, 5) is 26.5. The van der Waals surface area contributed by atoms with Gasteiger partial charge >= 0.3 is 0 Å². The molecule has 1 aromatic heterocycles. The van der Waals surface area contributed by atoms with Crippen LogP contribution in [0.3, 0.4) is 0 Å². The van der Waals surface area contributed by atoms with Gasteiger partial charge in [-0.05, 0) is 41.6 Å². The molecule has 30 heavy (non-hydrogen) atoms. The van der Waals surface area contributed by atoms with E-state index < -0.39 is 0 Å². The standard InChI is InChI=1S/C25H22N2O3/c1-16-10-4-5-11-17(16)22-18-12-6-7-13-19(18)25(29)27(2)23(22)24(28)26-20-14-8-9-15-21(20)30-3/h4-15H,1-3H3,(H,26,28). The van der Waals surface area contributed by atoms with Gasteiger partial charge < -0.3 is 14.6 Å². The van der Waals surface area contributed by atoms with E-state index in [2.05, 4.69) is 5.32 Å². The van der Waals surface area contributed by atoms with E-state index in [9.17, 15) is 9.59 Å². The SMILES string of the molecule is COc1ccccc1NC(=O)c1c(-c2ccccc2C)c2ccccc2c(=O)n1C. The lowest BCUT2D eigenvalue weighted by molar-refractivity contribution is 0.101. The third kappa shape index (κ3) is 3.24. The normalized spacial score (nSPS) is 10.8. The first-order chi connectivity index (χ1) is 14.5. The van der Waals surface area contributed by atoms with Crippen molar-refractivity contribution >= 4 is 22.4 Å². The molecule has 0 fully saturated rings. The topological polar surface area (TPSA) is 60.3 Å². The van der Waals surface area contributed by atoms with Crippen LogP contribution in [0.4, 0.5) is 5.69 Å². The quantitative estimate of drug-likeness (QED) is 0.538. The number of aromatic nitrogens is 1. The van der Waals surface area contributed by atoms with Crippen molar-refractivity contribution in [3.05, 3.63) is 94.4 Å². The number of benzene rings is 3. The van der Waals surface area contributed by atoms with E-state index in [1.54, 1.807) is 32.4 Å². The number of carbonyl (C=O) groups is 1. The van der Waals surface area contributed by atoms with E-state index in [-0.39, 0.29) is 11.5 Å². The summed E-state index contributed by atoms with van der Waals surface area (Å²) in [6.45, 7) is 2.00. The number of nitrogens with one attached hydrogen (secondary N) is 1. The first-order valence-corrected chi connectivity index (χ1v) is 9.65. The second-order valence-corrected chi connectivity index (χ2v) is 7.10. The van der Waals surface area contributed by atoms with Crippen molar-refractivity contribution in [1.29, 1.82) is 0 Å². The molecule has 0 aliphatic rings. The van der Waals surface area contributed by atoms with Crippen LogP contribution in [-0.2, 0) is 7.05 Å². The number of pyridine rings is 1. The van der Waals surface area contributed by atoms with Crippen LogP contribution < -0.4 is 15.6 Å². The summed E-state index contributed by atoms with van der Waals surface area (Å²) in [6.07, 6.45) is 0. The first kappa shape index (κ1) is 19.5. The van der Waals surface area contributed by atoms with Gasteiger partial charge in [0, 0.05) is 18.0 Å². The van der Waals surface area contributed by atoms with E-state index in [0.717, 1.165) is 22.1 Å². The summed E-state index contributed by atoms with van der Waals surface area (Å²) >= 11 is 0. The molecule has 0 bridgehead atoms. The number of aryl methyl sites for hydroxylation is 1. The zero-order valence-corrected chi connectivity index (χ0v) is 17.1. The number of rotatable bonds is 4. The van der Waals surface area contributed by atoms with Gasteiger partial charge in [-0.1, -0.05) is 54.6 Å². The van der Waals surface area contributed by atoms with Gasteiger partial charge in [0.2, 0.25) is 0 Å². The van der Waals surface area contributed by atoms with Crippen LogP contribution in [0.1, 0.15) is 16.1 Å². The molecule has 0 saturated heterocycles. The Labute approximate surface area is 174 Å². The summed E-state index contributed by atoms with van der Waals surface area (Å²) < 4.78 is 6.78. The number of hydrogen-bond donors (Lipinski definition) is 1. The van der Waals surface area contributed by atoms with Crippen molar-refractivity contribution in [3.63, 3.8) is 0 Å². The number of nitrogens with zero attached hydrogens (tertiary/aromatic N) is 1. The Hall–Kier alpha value is -3.86. The molecule has 0 saturated carbocycles. The monoisotopic (exact) mass is 398 g/mol. The van der Waals surface area contributed by atoms with Gasteiger partial charge in [-0.15, -0.1) is 0 Å². The van der Waals surface area contributed by atoms with E-state index in [1.165, 1.54) is 4.57 Å². The maximum absolute atomic E-state index is 13.5. The van der Waals surface area contributed by atoms with Crippen molar-refractivity contribution in [3.8, 4) is 16.9 Å². The Morgan fingerprint density at radius 2 is 1.53 bits per heavy atom. The molecule has 0 atom stereocenters. The highest BCUT2D eigenvalue weighted by Gasteiger charge is 2.23. The van der Waals surface area contributed by atoms with Crippen LogP contribution in [0.15, 0.2) is 77.6 Å².